The summed E-state index contributed by atoms with van der Waals surface area (Å²) < 4.78 is 0.652. The lowest BCUT2D eigenvalue weighted by molar-refractivity contribution is -0.142. The van der Waals surface area contributed by atoms with Crippen LogP contribution in [0.4, 0.5) is 0 Å². The van der Waals surface area contributed by atoms with Crippen molar-refractivity contribution in [3.63, 3.8) is 0 Å². The van der Waals surface area contributed by atoms with Crippen molar-refractivity contribution < 1.29 is 24.3 Å². The highest BCUT2D eigenvalue weighted by Gasteiger charge is 2.37. The topological polar surface area (TPSA) is 104 Å². The molecule has 0 aromatic heterocycles. The number of halogens is 1. The fraction of sp³-hybridized carbons (Fsp3) is 0.375. The van der Waals surface area contributed by atoms with Crippen molar-refractivity contribution in [1.82, 2.24) is 10.2 Å². The summed E-state index contributed by atoms with van der Waals surface area (Å²) in [6.45, 7) is 1.41. The lowest BCUT2D eigenvalue weighted by atomic mass is 10.1. The third-order valence-corrected chi connectivity index (χ3v) is 4.21. The maximum atomic E-state index is 12.3. The van der Waals surface area contributed by atoms with E-state index < -0.39 is 36.3 Å². The van der Waals surface area contributed by atoms with Gasteiger partial charge in [-0.05, 0) is 24.6 Å². The van der Waals surface area contributed by atoms with Gasteiger partial charge in [-0.2, -0.15) is 0 Å². The van der Waals surface area contributed by atoms with Crippen LogP contribution in [0.15, 0.2) is 22.7 Å². The van der Waals surface area contributed by atoms with Gasteiger partial charge in [-0.3, -0.25) is 19.3 Å². The number of carbonyl (C=O) groups is 4. The van der Waals surface area contributed by atoms with E-state index in [4.69, 9.17) is 5.11 Å². The fourth-order valence-corrected chi connectivity index (χ4v) is 2.82. The molecule has 1 unspecified atom stereocenters. The van der Waals surface area contributed by atoms with Crippen molar-refractivity contribution in [1.29, 1.82) is 0 Å². The van der Waals surface area contributed by atoms with Gasteiger partial charge in [0, 0.05) is 4.47 Å². The van der Waals surface area contributed by atoms with E-state index >= 15 is 0 Å². The quantitative estimate of drug-likeness (QED) is 0.683. The summed E-state index contributed by atoms with van der Waals surface area (Å²) >= 11 is 3.23. The average Bonchev–Trinajstić information content (AvgIpc) is 2.75. The largest absolute Gasteiger partial charge is 0.480 e. The second-order valence-electron chi connectivity index (χ2n) is 5.49. The van der Waals surface area contributed by atoms with Crippen molar-refractivity contribution >= 4 is 39.6 Å². The highest BCUT2D eigenvalue weighted by molar-refractivity contribution is 9.10. The van der Waals surface area contributed by atoms with Crippen molar-refractivity contribution in [2.45, 2.75) is 32.2 Å². The summed E-state index contributed by atoms with van der Waals surface area (Å²) in [7, 11) is 0. The third-order valence-electron chi connectivity index (χ3n) is 3.71. The van der Waals surface area contributed by atoms with Crippen LogP contribution in [0, 0.1) is 0 Å². The van der Waals surface area contributed by atoms with Crippen molar-refractivity contribution in [2.24, 2.45) is 0 Å². The molecule has 128 valence electrons. The van der Waals surface area contributed by atoms with E-state index in [1.54, 1.807) is 6.07 Å². The number of carbonyl (C=O) groups excluding carboxylic acids is 3. The zero-order valence-electron chi connectivity index (χ0n) is 13.0. The first-order valence-corrected chi connectivity index (χ1v) is 8.32. The number of aliphatic carboxylic acids is 1. The Bertz CT molecular complexity index is 704. The molecule has 3 amide bonds. The molecule has 7 nitrogen and oxygen atoms in total. The molecule has 2 rings (SSSR count). The number of unbranched alkanes of at least 4 members (excludes halogenated alkanes) is 1. The van der Waals surface area contributed by atoms with Crippen LogP contribution in [0.25, 0.3) is 0 Å². The highest BCUT2D eigenvalue weighted by atomic mass is 79.9. The second kappa shape index (κ2) is 7.57. The number of nitrogens with one attached hydrogen (secondary N) is 1. The van der Waals surface area contributed by atoms with E-state index in [1.807, 2.05) is 6.92 Å². The van der Waals surface area contributed by atoms with Gasteiger partial charge < -0.3 is 10.4 Å². The maximum Gasteiger partial charge on any atom is 0.326 e. The minimum Gasteiger partial charge on any atom is -0.480 e. The zero-order valence-corrected chi connectivity index (χ0v) is 14.6. The molecule has 0 radical (unpaired) electrons. The van der Waals surface area contributed by atoms with Crippen LogP contribution in [0.1, 0.15) is 46.9 Å². The molecule has 0 saturated heterocycles. The summed E-state index contributed by atoms with van der Waals surface area (Å²) in [5.41, 5.74) is 0.458. The Hall–Kier alpha value is -2.22. The Kier molecular flexibility index (Phi) is 5.71. The molecule has 1 aliphatic rings. The van der Waals surface area contributed by atoms with E-state index in [0.29, 0.717) is 17.3 Å². The number of amides is 3. The Morgan fingerprint density at radius 2 is 1.92 bits per heavy atom. The normalized spacial score (nSPS) is 14.5. The van der Waals surface area contributed by atoms with E-state index in [2.05, 4.69) is 21.2 Å². The number of nitrogens with zero attached hydrogens (tertiary/aromatic N) is 1. The summed E-state index contributed by atoms with van der Waals surface area (Å²) in [6.07, 6.45) is 1.75. The standard InChI is InChI=1S/C16H17BrN2O5/c1-2-3-4-12(16(23)24)18-13(20)8-19-14(21)10-6-5-9(17)7-11(10)15(19)22/h5-7,12H,2-4,8H2,1H3,(H,18,20)(H,23,24). The van der Waals surface area contributed by atoms with Gasteiger partial charge in [0.1, 0.15) is 12.6 Å². The Morgan fingerprint density at radius 1 is 1.25 bits per heavy atom. The Labute approximate surface area is 147 Å². The molecular weight excluding hydrogens is 380 g/mol. The van der Waals surface area contributed by atoms with Crippen molar-refractivity contribution in [3.05, 3.63) is 33.8 Å². The summed E-state index contributed by atoms with van der Waals surface area (Å²) in [5, 5.41) is 11.5. The van der Waals surface area contributed by atoms with Crippen molar-refractivity contribution in [2.75, 3.05) is 6.54 Å². The van der Waals surface area contributed by atoms with E-state index in [9.17, 15) is 19.2 Å². The molecule has 24 heavy (non-hydrogen) atoms. The molecule has 2 N–H and O–H groups in total. The van der Waals surface area contributed by atoms with Gasteiger partial charge in [-0.1, -0.05) is 35.7 Å². The van der Waals surface area contributed by atoms with Gasteiger partial charge in [0.2, 0.25) is 5.91 Å². The van der Waals surface area contributed by atoms with Gasteiger partial charge in [0.25, 0.3) is 11.8 Å². The maximum absolute atomic E-state index is 12.3. The minimum atomic E-state index is -1.14. The van der Waals surface area contributed by atoms with Crippen LogP contribution in [-0.4, -0.2) is 46.3 Å². The van der Waals surface area contributed by atoms with E-state index in [1.165, 1.54) is 12.1 Å². The van der Waals surface area contributed by atoms with E-state index in [0.717, 1.165) is 11.3 Å². The first-order chi connectivity index (χ1) is 11.3. The average molecular weight is 397 g/mol. The van der Waals surface area contributed by atoms with Crippen LogP contribution >= 0.6 is 15.9 Å². The molecule has 0 fully saturated rings. The van der Waals surface area contributed by atoms with Gasteiger partial charge in [0.15, 0.2) is 0 Å². The number of rotatable bonds is 7. The SMILES string of the molecule is CCCCC(NC(=O)CN1C(=O)c2ccc(Br)cc2C1=O)C(=O)O. The fourth-order valence-electron chi connectivity index (χ4n) is 2.46. The Balaban J connectivity index is 2.06. The summed E-state index contributed by atoms with van der Waals surface area (Å²) in [5.74, 6) is -2.93. The first kappa shape index (κ1) is 18.1. The molecule has 0 bridgehead atoms. The lowest BCUT2D eigenvalue weighted by Crippen LogP contribution is -2.46. The molecule has 1 atom stereocenters. The number of benzene rings is 1. The molecule has 1 heterocycles. The van der Waals surface area contributed by atoms with Crippen LogP contribution in [0.3, 0.4) is 0 Å². The lowest BCUT2D eigenvalue weighted by Gasteiger charge is -2.17. The molecule has 0 aliphatic carbocycles. The predicted octanol–water partition coefficient (Wildman–Crippen LogP) is 1.80. The minimum absolute atomic E-state index is 0.225. The third kappa shape index (κ3) is 3.81. The number of imide groups is 1. The highest BCUT2D eigenvalue weighted by Crippen LogP contribution is 2.25. The van der Waals surface area contributed by atoms with Crippen LogP contribution in [0.5, 0.6) is 0 Å². The molecular formula is C16H17BrN2O5. The molecule has 1 aromatic carbocycles. The zero-order chi connectivity index (χ0) is 17.9. The van der Waals surface area contributed by atoms with Gasteiger partial charge >= 0.3 is 5.97 Å². The summed E-state index contributed by atoms with van der Waals surface area (Å²) in [6, 6.07) is 3.65. The monoisotopic (exact) mass is 396 g/mol. The number of carboxylic acid groups (broad SMARTS) is 1. The van der Waals surface area contributed by atoms with Crippen LogP contribution in [0.2, 0.25) is 0 Å². The number of hydrogen-bond donors (Lipinski definition) is 2. The molecule has 1 aliphatic heterocycles. The van der Waals surface area contributed by atoms with Gasteiger partial charge in [-0.25, -0.2) is 4.79 Å². The Morgan fingerprint density at radius 3 is 2.54 bits per heavy atom. The molecule has 0 spiro atoms. The second-order valence-corrected chi connectivity index (χ2v) is 6.40. The summed E-state index contributed by atoms with van der Waals surface area (Å²) in [4.78, 5) is 48.5. The smallest absolute Gasteiger partial charge is 0.326 e. The van der Waals surface area contributed by atoms with Gasteiger partial charge in [-0.15, -0.1) is 0 Å². The molecule has 8 heteroatoms. The molecule has 1 aromatic rings. The first-order valence-electron chi connectivity index (χ1n) is 7.53. The molecule has 0 saturated carbocycles. The number of fused-ring (bicyclic) bond motifs is 1. The van der Waals surface area contributed by atoms with Crippen LogP contribution in [-0.2, 0) is 9.59 Å². The number of carboxylic acids is 1. The van der Waals surface area contributed by atoms with Crippen molar-refractivity contribution in [3.8, 4) is 0 Å². The van der Waals surface area contributed by atoms with Gasteiger partial charge in [0.05, 0.1) is 11.1 Å². The number of hydrogen-bond acceptors (Lipinski definition) is 4. The van der Waals surface area contributed by atoms with Crippen LogP contribution < -0.4 is 5.32 Å². The van der Waals surface area contributed by atoms with E-state index in [-0.39, 0.29) is 11.1 Å². The predicted molar refractivity (Wildman–Crippen MR) is 88.6 cm³/mol.